The summed E-state index contributed by atoms with van der Waals surface area (Å²) in [6.45, 7) is 6.86. The van der Waals surface area contributed by atoms with Gasteiger partial charge in [0.15, 0.2) is 0 Å². The number of methoxy groups -OCH3 is 1. The van der Waals surface area contributed by atoms with Crippen molar-refractivity contribution >= 4 is 5.97 Å². The first kappa shape index (κ1) is 25.7. The molecular weight excluding hydrogens is 455 g/mol. The lowest BCUT2D eigenvalue weighted by Gasteiger charge is -2.30. The molecule has 0 amide bonds. The van der Waals surface area contributed by atoms with Gasteiger partial charge in [0.2, 0.25) is 0 Å². The summed E-state index contributed by atoms with van der Waals surface area (Å²) in [6, 6.07) is 18.7. The molecule has 0 radical (unpaired) electrons. The predicted molar refractivity (Wildman–Crippen MR) is 140 cm³/mol. The number of rotatable bonds is 9. The Morgan fingerprint density at radius 1 is 1.08 bits per heavy atom. The zero-order valence-corrected chi connectivity index (χ0v) is 21.5. The molecule has 190 valence electrons. The lowest BCUT2D eigenvalue weighted by atomic mass is 9.75. The van der Waals surface area contributed by atoms with Crippen LogP contribution in [0.4, 0.5) is 4.39 Å². The first-order chi connectivity index (χ1) is 17.2. The van der Waals surface area contributed by atoms with Gasteiger partial charge in [0.1, 0.15) is 23.9 Å². The second-order valence-electron chi connectivity index (χ2n) is 10.6. The van der Waals surface area contributed by atoms with Gasteiger partial charge in [-0.05, 0) is 82.7 Å². The number of carboxylic acid groups (broad SMARTS) is 1. The molecule has 3 aromatic rings. The first-order valence-corrected chi connectivity index (χ1v) is 12.6. The molecule has 0 aliphatic heterocycles. The average molecular weight is 491 g/mol. The molecule has 1 saturated carbocycles. The Bertz CT molecular complexity index is 1230. The van der Waals surface area contributed by atoms with Gasteiger partial charge in [-0.1, -0.05) is 57.5 Å². The smallest absolute Gasteiger partial charge is 0.303 e. The number of hydrogen-bond acceptors (Lipinski definition) is 3. The van der Waals surface area contributed by atoms with Crippen molar-refractivity contribution in [2.24, 2.45) is 5.41 Å². The van der Waals surface area contributed by atoms with Crippen LogP contribution in [-0.4, -0.2) is 18.2 Å². The van der Waals surface area contributed by atoms with Gasteiger partial charge in [-0.3, -0.25) is 4.79 Å². The number of aliphatic carboxylic acids is 1. The quantitative estimate of drug-likeness (QED) is 0.331. The molecule has 0 saturated heterocycles. The molecule has 0 aromatic heterocycles. The monoisotopic (exact) mass is 490 g/mol. The minimum atomic E-state index is -0.816. The molecule has 1 aliphatic carbocycles. The van der Waals surface area contributed by atoms with E-state index in [0.29, 0.717) is 29.6 Å². The standard InChI is InChI=1S/C31H35FO4/c1-20(15-30(33)34)22-7-5-8-24(17-22)36-19-21-10-12-25(27-18-23(35-4)11-13-29(27)32)26(16-21)28-9-6-14-31(28,2)3/h5,7-8,10-13,16-18,20,28H,6,9,14-15,19H2,1-4H3,(H,33,34)/t20-,28+/m1/s1. The fourth-order valence-corrected chi connectivity index (χ4v) is 5.43. The van der Waals surface area contributed by atoms with Gasteiger partial charge in [0, 0.05) is 5.56 Å². The van der Waals surface area contributed by atoms with Gasteiger partial charge in [0.05, 0.1) is 13.5 Å². The van der Waals surface area contributed by atoms with Crippen molar-refractivity contribution in [2.75, 3.05) is 7.11 Å². The highest BCUT2D eigenvalue weighted by atomic mass is 19.1. The van der Waals surface area contributed by atoms with E-state index in [0.717, 1.165) is 41.5 Å². The van der Waals surface area contributed by atoms with Crippen molar-refractivity contribution in [1.82, 2.24) is 0 Å². The van der Waals surface area contributed by atoms with Crippen molar-refractivity contribution in [2.45, 2.75) is 64.9 Å². The molecule has 3 aromatic carbocycles. The molecule has 0 unspecified atom stereocenters. The maximum absolute atomic E-state index is 15.0. The molecule has 4 rings (SSSR count). The average Bonchev–Trinajstić information content (AvgIpc) is 3.21. The minimum absolute atomic E-state index is 0.0757. The van der Waals surface area contributed by atoms with Crippen LogP contribution in [0.5, 0.6) is 11.5 Å². The highest BCUT2D eigenvalue weighted by molar-refractivity contribution is 5.71. The summed E-state index contributed by atoms with van der Waals surface area (Å²) >= 11 is 0. The van der Waals surface area contributed by atoms with E-state index in [1.165, 1.54) is 6.07 Å². The molecule has 0 bridgehead atoms. The Kier molecular flexibility index (Phi) is 7.67. The van der Waals surface area contributed by atoms with Crippen molar-refractivity contribution in [3.05, 3.63) is 83.2 Å². The second-order valence-corrected chi connectivity index (χ2v) is 10.6. The summed E-state index contributed by atoms with van der Waals surface area (Å²) in [6.07, 6.45) is 3.44. The van der Waals surface area contributed by atoms with Crippen molar-refractivity contribution in [1.29, 1.82) is 0 Å². The third-order valence-electron chi connectivity index (χ3n) is 7.53. The Morgan fingerprint density at radius 2 is 1.89 bits per heavy atom. The normalized spacial score (nSPS) is 17.5. The molecule has 4 nitrogen and oxygen atoms in total. The van der Waals surface area contributed by atoms with E-state index in [1.54, 1.807) is 19.2 Å². The van der Waals surface area contributed by atoms with Crippen LogP contribution < -0.4 is 9.47 Å². The zero-order valence-electron chi connectivity index (χ0n) is 21.5. The molecule has 1 N–H and O–H groups in total. The Balaban J connectivity index is 1.64. The summed E-state index contributed by atoms with van der Waals surface area (Å²) in [5.74, 6) is 0.480. The van der Waals surface area contributed by atoms with Gasteiger partial charge in [-0.25, -0.2) is 4.39 Å². The van der Waals surface area contributed by atoms with E-state index in [1.807, 2.05) is 43.3 Å². The minimum Gasteiger partial charge on any atom is -0.497 e. The van der Waals surface area contributed by atoms with Crippen LogP contribution in [-0.2, 0) is 11.4 Å². The summed E-state index contributed by atoms with van der Waals surface area (Å²) in [4.78, 5) is 11.1. The van der Waals surface area contributed by atoms with Crippen LogP contribution in [0.15, 0.2) is 60.7 Å². The number of ether oxygens (including phenoxy) is 2. The molecular formula is C31H35FO4. The van der Waals surface area contributed by atoms with Gasteiger partial charge < -0.3 is 14.6 Å². The lowest BCUT2D eigenvalue weighted by molar-refractivity contribution is -0.137. The third-order valence-corrected chi connectivity index (χ3v) is 7.53. The number of carbonyl (C=O) groups is 1. The van der Waals surface area contributed by atoms with Crippen LogP contribution in [0.2, 0.25) is 0 Å². The second kappa shape index (κ2) is 10.7. The van der Waals surface area contributed by atoms with E-state index in [2.05, 4.69) is 19.9 Å². The number of carboxylic acids is 1. The fourth-order valence-electron chi connectivity index (χ4n) is 5.43. The van der Waals surface area contributed by atoms with Crippen LogP contribution in [0.25, 0.3) is 11.1 Å². The van der Waals surface area contributed by atoms with Crippen LogP contribution in [0, 0.1) is 11.2 Å². The highest BCUT2D eigenvalue weighted by Gasteiger charge is 2.37. The van der Waals surface area contributed by atoms with Gasteiger partial charge >= 0.3 is 5.97 Å². The van der Waals surface area contributed by atoms with Crippen LogP contribution in [0.3, 0.4) is 0 Å². The summed E-state index contributed by atoms with van der Waals surface area (Å²) < 4.78 is 26.5. The van der Waals surface area contributed by atoms with E-state index >= 15 is 0 Å². The summed E-state index contributed by atoms with van der Waals surface area (Å²) in [5, 5.41) is 9.11. The zero-order chi connectivity index (χ0) is 25.9. The summed E-state index contributed by atoms with van der Waals surface area (Å²) in [7, 11) is 1.59. The Morgan fingerprint density at radius 3 is 2.58 bits per heavy atom. The summed E-state index contributed by atoms with van der Waals surface area (Å²) in [5.41, 5.74) is 4.68. The maximum Gasteiger partial charge on any atom is 0.303 e. The number of halogens is 1. The van der Waals surface area contributed by atoms with Crippen LogP contribution in [0.1, 0.15) is 75.0 Å². The predicted octanol–water partition coefficient (Wildman–Crippen LogP) is 7.95. The molecule has 5 heteroatoms. The molecule has 1 fully saturated rings. The highest BCUT2D eigenvalue weighted by Crippen LogP contribution is 2.51. The van der Waals surface area contributed by atoms with Crippen LogP contribution >= 0.6 is 0 Å². The topological polar surface area (TPSA) is 55.8 Å². The van der Waals surface area contributed by atoms with E-state index in [-0.39, 0.29) is 23.6 Å². The molecule has 36 heavy (non-hydrogen) atoms. The van der Waals surface area contributed by atoms with E-state index in [9.17, 15) is 9.18 Å². The number of hydrogen-bond donors (Lipinski definition) is 1. The Labute approximate surface area is 213 Å². The van der Waals surface area contributed by atoms with E-state index < -0.39 is 5.97 Å². The van der Waals surface area contributed by atoms with Gasteiger partial charge in [-0.15, -0.1) is 0 Å². The molecule has 0 heterocycles. The van der Waals surface area contributed by atoms with Gasteiger partial charge in [-0.2, -0.15) is 0 Å². The largest absolute Gasteiger partial charge is 0.497 e. The Hall–Kier alpha value is -3.34. The number of benzene rings is 3. The van der Waals surface area contributed by atoms with Crippen molar-refractivity contribution < 1.29 is 23.8 Å². The van der Waals surface area contributed by atoms with Crippen molar-refractivity contribution in [3.63, 3.8) is 0 Å². The molecule has 2 atom stereocenters. The lowest BCUT2D eigenvalue weighted by Crippen LogP contribution is -2.17. The maximum atomic E-state index is 15.0. The molecule has 0 spiro atoms. The third kappa shape index (κ3) is 5.72. The first-order valence-electron chi connectivity index (χ1n) is 12.6. The van der Waals surface area contributed by atoms with Crippen molar-refractivity contribution in [3.8, 4) is 22.6 Å². The molecule has 1 aliphatic rings. The SMILES string of the molecule is COc1ccc(F)c(-c2ccc(COc3cccc([C@H](C)CC(=O)O)c3)cc2[C@@H]2CCCC2(C)C)c1. The van der Waals surface area contributed by atoms with Gasteiger partial charge in [0.25, 0.3) is 0 Å². The fraction of sp³-hybridized carbons (Fsp3) is 0.387. The van der Waals surface area contributed by atoms with E-state index in [4.69, 9.17) is 14.6 Å².